The summed E-state index contributed by atoms with van der Waals surface area (Å²) in [5.41, 5.74) is 2.53. The molecule has 6 nitrogen and oxygen atoms in total. The van der Waals surface area contributed by atoms with E-state index in [1.54, 1.807) is 25.4 Å². The molecule has 2 aromatic heterocycles. The van der Waals surface area contributed by atoms with Crippen molar-refractivity contribution in [1.82, 2.24) is 20.0 Å². The summed E-state index contributed by atoms with van der Waals surface area (Å²) in [6.45, 7) is 2.25. The van der Waals surface area contributed by atoms with Gasteiger partial charge in [0.15, 0.2) is 0 Å². The van der Waals surface area contributed by atoms with Crippen molar-refractivity contribution in [2.45, 2.75) is 13.5 Å². The first kappa shape index (κ1) is 14.9. The molecule has 0 aliphatic heterocycles. The Balaban J connectivity index is 1.73. The molecule has 0 atom stereocenters. The number of hydrogen-bond donors (Lipinski definition) is 0. The van der Waals surface area contributed by atoms with Crippen molar-refractivity contribution in [3.8, 4) is 11.4 Å². The highest BCUT2D eigenvalue weighted by atomic mass is 16.5. The third-order valence-corrected chi connectivity index (χ3v) is 3.37. The zero-order valence-electron chi connectivity index (χ0n) is 12.9. The summed E-state index contributed by atoms with van der Waals surface area (Å²) in [5.74, 6) is 0.764. The Kier molecular flexibility index (Phi) is 4.14. The van der Waals surface area contributed by atoms with Crippen LogP contribution in [0.25, 0.3) is 11.4 Å². The molecule has 0 fully saturated rings. The Bertz CT molecular complexity index is 814. The summed E-state index contributed by atoms with van der Waals surface area (Å²) in [6, 6.07) is 11.3. The second kappa shape index (κ2) is 6.39. The van der Waals surface area contributed by atoms with E-state index in [-0.39, 0.29) is 12.5 Å². The quantitative estimate of drug-likeness (QED) is 0.741. The fourth-order valence-corrected chi connectivity index (χ4v) is 2.20. The maximum Gasteiger partial charge on any atom is 0.255 e. The number of aromatic nitrogens is 3. The molecule has 0 spiro atoms. The molecule has 23 heavy (non-hydrogen) atoms. The molecule has 0 radical (unpaired) electrons. The third kappa shape index (κ3) is 3.42. The van der Waals surface area contributed by atoms with Crippen molar-refractivity contribution in [3.05, 3.63) is 65.8 Å². The van der Waals surface area contributed by atoms with Gasteiger partial charge in [-0.1, -0.05) is 28.9 Å². The van der Waals surface area contributed by atoms with Crippen LogP contribution in [0.4, 0.5) is 0 Å². The van der Waals surface area contributed by atoms with Gasteiger partial charge in [0, 0.05) is 25.0 Å². The normalized spacial score (nSPS) is 10.5. The van der Waals surface area contributed by atoms with Gasteiger partial charge in [-0.3, -0.25) is 9.78 Å². The van der Waals surface area contributed by atoms with Gasteiger partial charge in [-0.15, -0.1) is 0 Å². The lowest BCUT2D eigenvalue weighted by atomic mass is 10.1. The van der Waals surface area contributed by atoms with Crippen LogP contribution in [-0.2, 0) is 6.54 Å². The average molecular weight is 308 g/mol. The summed E-state index contributed by atoms with van der Waals surface area (Å²) in [5, 5.41) is 3.98. The van der Waals surface area contributed by atoms with Crippen LogP contribution >= 0.6 is 0 Å². The van der Waals surface area contributed by atoms with Crippen molar-refractivity contribution in [3.63, 3.8) is 0 Å². The Morgan fingerprint density at radius 2 is 2.13 bits per heavy atom. The van der Waals surface area contributed by atoms with Crippen LogP contribution in [0.5, 0.6) is 0 Å². The molecule has 6 heteroatoms. The Morgan fingerprint density at radius 1 is 1.26 bits per heavy atom. The van der Waals surface area contributed by atoms with Gasteiger partial charge in [0.25, 0.3) is 5.91 Å². The molecule has 116 valence electrons. The molecule has 0 aliphatic rings. The summed E-state index contributed by atoms with van der Waals surface area (Å²) in [7, 11) is 1.69. The monoisotopic (exact) mass is 308 g/mol. The van der Waals surface area contributed by atoms with Gasteiger partial charge in [-0.05, 0) is 25.1 Å². The van der Waals surface area contributed by atoms with Crippen molar-refractivity contribution in [2.75, 3.05) is 7.05 Å². The summed E-state index contributed by atoms with van der Waals surface area (Å²) in [4.78, 5) is 22.1. The van der Waals surface area contributed by atoms with E-state index in [1.165, 1.54) is 11.1 Å². The molecular weight excluding hydrogens is 292 g/mol. The molecule has 1 amide bonds. The Morgan fingerprint density at radius 3 is 2.87 bits per heavy atom. The Labute approximate surface area is 133 Å². The second-order valence-electron chi connectivity index (χ2n) is 5.28. The number of benzene rings is 1. The van der Waals surface area contributed by atoms with Gasteiger partial charge in [0.2, 0.25) is 11.7 Å². The lowest BCUT2D eigenvalue weighted by Gasteiger charge is -2.14. The molecule has 0 N–H and O–H groups in total. The van der Waals surface area contributed by atoms with Gasteiger partial charge in [0.1, 0.15) is 0 Å². The SMILES string of the molecule is Cc1cccc(-c2noc(CN(C)C(=O)c3cccnc3)n2)c1. The van der Waals surface area contributed by atoms with E-state index < -0.39 is 0 Å². The summed E-state index contributed by atoms with van der Waals surface area (Å²) < 4.78 is 5.24. The zero-order chi connectivity index (χ0) is 16.2. The number of aryl methyl sites for hydroxylation is 1. The Hall–Kier alpha value is -3.02. The van der Waals surface area contributed by atoms with Crippen molar-refractivity contribution in [1.29, 1.82) is 0 Å². The van der Waals surface area contributed by atoms with Gasteiger partial charge in [-0.25, -0.2) is 0 Å². The smallest absolute Gasteiger partial charge is 0.255 e. The van der Waals surface area contributed by atoms with Crippen LogP contribution in [0, 0.1) is 6.92 Å². The fourth-order valence-electron chi connectivity index (χ4n) is 2.20. The first-order chi connectivity index (χ1) is 11.1. The van der Waals surface area contributed by atoms with Gasteiger partial charge in [-0.2, -0.15) is 4.98 Å². The van der Waals surface area contributed by atoms with E-state index in [2.05, 4.69) is 15.1 Å². The number of nitrogens with zero attached hydrogens (tertiary/aromatic N) is 4. The minimum Gasteiger partial charge on any atom is -0.337 e. The minimum atomic E-state index is -0.145. The highest BCUT2D eigenvalue weighted by Gasteiger charge is 2.16. The second-order valence-corrected chi connectivity index (χ2v) is 5.28. The van der Waals surface area contributed by atoms with Gasteiger partial charge >= 0.3 is 0 Å². The van der Waals surface area contributed by atoms with Gasteiger partial charge < -0.3 is 9.42 Å². The lowest BCUT2D eigenvalue weighted by Crippen LogP contribution is -2.26. The first-order valence-corrected chi connectivity index (χ1v) is 7.18. The number of carbonyl (C=O) groups is 1. The predicted molar refractivity (Wildman–Crippen MR) is 84.5 cm³/mol. The van der Waals surface area contributed by atoms with Gasteiger partial charge in [0.05, 0.1) is 12.1 Å². The summed E-state index contributed by atoms with van der Waals surface area (Å²) in [6.07, 6.45) is 3.16. The molecule has 0 bridgehead atoms. The maximum atomic E-state index is 12.3. The molecular formula is C17H16N4O2. The number of amides is 1. The molecule has 3 aromatic rings. The molecule has 0 saturated heterocycles. The topological polar surface area (TPSA) is 72.1 Å². The molecule has 2 heterocycles. The molecule has 3 rings (SSSR count). The number of pyridine rings is 1. The number of hydrogen-bond acceptors (Lipinski definition) is 5. The van der Waals surface area contributed by atoms with Crippen molar-refractivity contribution < 1.29 is 9.32 Å². The van der Waals surface area contributed by atoms with E-state index in [1.807, 2.05) is 31.2 Å². The van der Waals surface area contributed by atoms with Crippen LogP contribution in [0.2, 0.25) is 0 Å². The third-order valence-electron chi connectivity index (χ3n) is 3.37. The fraction of sp³-hybridized carbons (Fsp3) is 0.176. The van der Waals surface area contributed by atoms with E-state index >= 15 is 0 Å². The van der Waals surface area contributed by atoms with E-state index in [4.69, 9.17) is 4.52 Å². The maximum absolute atomic E-state index is 12.3. The lowest BCUT2D eigenvalue weighted by molar-refractivity contribution is 0.0769. The first-order valence-electron chi connectivity index (χ1n) is 7.18. The zero-order valence-corrected chi connectivity index (χ0v) is 12.9. The molecule has 0 saturated carbocycles. The van der Waals surface area contributed by atoms with Crippen LogP contribution in [0.15, 0.2) is 53.3 Å². The standard InChI is InChI=1S/C17H16N4O2/c1-12-5-3-6-13(9-12)16-19-15(23-20-16)11-21(2)17(22)14-7-4-8-18-10-14/h3-10H,11H2,1-2H3. The molecule has 0 unspecified atom stereocenters. The molecule has 1 aromatic carbocycles. The van der Waals surface area contributed by atoms with Crippen molar-refractivity contribution >= 4 is 5.91 Å². The van der Waals surface area contributed by atoms with Crippen LogP contribution < -0.4 is 0 Å². The highest BCUT2D eigenvalue weighted by Crippen LogP contribution is 2.17. The number of rotatable bonds is 4. The minimum absolute atomic E-state index is 0.145. The predicted octanol–water partition coefficient (Wildman–Crippen LogP) is 2.71. The largest absolute Gasteiger partial charge is 0.337 e. The number of carbonyl (C=O) groups excluding carboxylic acids is 1. The van der Waals surface area contributed by atoms with E-state index in [9.17, 15) is 4.79 Å². The van der Waals surface area contributed by atoms with E-state index in [0.29, 0.717) is 17.3 Å². The molecule has 0 aliphatic carbocycles. The van der Waals surface area contributed by atoms with Crippen LogP contribution in [0.3, 0.4) is 0 Å². The summed E-state index contributed by atoms with van der Waals surface area (Å²) >= 11 is 0. The van der Waals surface area contributed by atoms with Crippen LogP contribution in [-0.4, -0.2) is 33.0 Å². The van der Waals surface area contributed by atoms with Crippen LogP contribution in [0.1, 0.15) is 21.8 Å². The van der Waals surface area contributed by atoms with Crippen molar-refractivity contribution in [2.24, 2.45) is 0 Å². The van der Waals surface area contributed by atoms with E-state index in [0.717, 1.165) is 11.1 Å². The average Bonchev–Trinajstić information content (AvgIpc) is 3.03. The highest BCUT2D eigenvalue weighted by molar-refractivity contribution is 5.93.